The monoisotopic (exact) mass is 863 g/mol. The van der Waals surface area contributed by atoms with Crippen LogP contribution in [0.15, 0.2) is 12.2 Å². The van der Waals surface area contributed by atoms with Crippen molar-refractivity contribution in [3.05, 3.63) is 12.2 Å². The van der Waals surface area contributed by atoms with Gasteiger partial charge in [0.15, 0.2) is 12.6 Å². The Kier molecular flexibility index (Phi) is 32.1. The molecular weight excluding hydrogens is 776 g/mol. The Bertz CT molecular complexity index is 1050. The Hall–Kier alpha value is -1.27. The second kappa shape index (κ2) is 35.1. The average molecular weight is 863 g/mol. The van der Waals surface area contributed by atoms with E-state index in [1.54, 1.807) is 0 Å². The molecule has 2 rings (SSSR count). The van der Waals surface area contributed by atoms with E-state index in [1.807, 2.05) is 0 Å². The smallest absolute Gasteiger partial charge is 0.306 e. The molecule has 354 valence electrons. The summed E-state index contributed by atoms with van der Waals surface area (Å²) in [6, 6.07) is 0. The lowest BCUT2D eigenvalue weighted by Crippen LogP contribution is -2.61. The fourth-order valence-electron chi connectivity index (χ4n) is 7.57. The molecule has 11 atom stereocenters. The van der Waals surface area contributed by atoms with Crippen LogP contribution in [0.4, 0.5) is 0 Å². The standard InChI is InChI=1S/C46H86O14/c1-3-5-7-9-10-11-12-13-14-15-16-17-18-19-20-21-22-23-24-25-26-28-30-55-32-35(58-38(48)29-27-8-6-4-2)33-56-45-44(54)42(52)40(50)37(60-45)34-57-46-43(53)41(51)39(49)36(31-47)59-46/h15-16,35-37,39-47,49-54H,3-14,17-34H2,1-2H3/b16-15-. The number of unbranched alkanes of at least 4 members (excludes halogenated alkanes) is 21. The van der Waals surface area contributed by atoms with E-state index in [9.17, 15) is 40.5 Å². The number of allylic oxidation sites excluding steroid dienone is 2. The number of aliphatic hydroxyl groups excluding tert-OH is 7. The Morgan fingerprint density at radius 3 is 1.52 bits per heavy atom. The zero-order valence-corrected chi connectivity index (χ0v) is 37.2. The molecule has 2 aliphatic heterocycles. The zero-order valence-electron chi connectivity index (χ0n) is 37.2. The number of ether oxygens (including phenoxy) is 6. The SMILES string of the molecule is CCCCCCCCCC/C=C\CCCCCCCCCCCCOCC(COC1OC(COC2OC(CO)C(O)C(O)C2O)C(O)C(O)C1O)OC(=O)CCCCCC. The molecule has 60 heavy (non-hydrogen) atoms. The van der Waals surface area contributed by atoms with Crippen LogP contribution in [0.1, 0.15) is 174 Å². The minimum atomic E-state index is -1.70. The molecule has 0 radical (unpaired) electrons. The van der Waals surface area contributed by atoms with Crippen LogP contribution in [0.2, 0.25) is 0 Å². The quantitative estimate of drug-likeness (QED) is 0.0220. The van der Waals surface area contributed by atoms with Crippen LogP contribution in [-0.2, 0) is 33.2 Å². The fourth-order valence-corrected chi connectivity index (χ4v) is 7.57. The normalized spacial score (nSPS) is 27.8. The molecule has 14 nitrogen and oxygen atoms in total. The largest absolute Gasteiger partial charge is 0.457 e. The summed E-state index contributed by atoms with van der Waals surface area (Å²) in [4.78, 5) is 12.7. The van der Waals surface area contributed by atoms with E-state index < -0.39 is 86.7 Å². The highest BCUT2D eigenvalue weighted by molar-refractivity contribution is 5.69. The molecule has 0 saturated carbocycles. The minimum absolute atomic E-state index is 0.0629. The number of carbonyl (C=O) groups excluding carboxylic acids is 1. The van der Waals surface area contributed by atoms with Crippen LogP contribution < -0.4 is 0 Å². The maximum atomic E-state index is 12.7. The van der Waals surface area contributed by atoms with Gasteiger partial charge in [0, 0.05) is 13.0 Å². The van der Waals surface area contributed by atoms with Gasteiger partial charge in [0.05, 0.1) is 26.4 Å². The summed E-state index contributed by atoms with van der Waals surface area (Å²) in [5.41, 5.74) is 0. The predicted molar refractivity (Wildman–Crippen MR) is 229 cm³/mol. The first kappa shape index (κ1) is 54.9. The maximum absolute atomic E-state index is 12.7. The van der Waals surface area contributed by atoms with E-state index in [4.69, 9.17) is 28.4 Å². The highest BCUT2D eigenvalue weighted by Gasteiger charge is 2.47. The van der Waals surface area contributed by atoms with Crippen molar-refractivity contribution >= 4 is 5.97 Å². The van der Waals surface area contributed by atoms with Crippen molar-refractivity contribution in [2.75, 3.05) is 33.0 Å². The Balaban J connectivity index is 1.64. The lowest BCUT2D eigenvalue weighted by Gasteiger charge is -2.42. The Morgan fingerprint density at radius 1 is 0.533 bits per heavy atom. The molecule has 0 bridgehead atoms. The lowest BCUT2D eigenvalue weighted by atomic mass is 9.98. The van der Waals surface area contributed by atoms with Crippen molar-refractivity contribution in [2.45, 2.75) is 242 Å². The van der Waals surface area contributed by atoms with Gasteiger partial charge in [-0.25, -0.2) is 0 Å². The molecule has 0 aromatic heterocycles. The van der Waals surface area contributed by atoms with Gasteiger partial charge in [0.1, 0.15) is 54.9 Å². The van der Waals surface area contributed by atoms with E-state index in [0.717, 1.165) is 38.5 Å². The van der Waals surface area contributed by atoms with Crippen LogP contribution in [0.3, 0.4) is 0 Å². The Morgan fingerprint density at radius 2 is 0.983 bits per heavy atom. The van der Waals surface area contributed by atoms with E-state index in [1.165, 1.54) is 109 Å². The molecule has 0 aromatic carbocycles. The van der Waals surface area contributed by atoms with Crippen LogP contribution in [0.25, 0.3) is 0 Å². The van der Waals surface area contributed by atoms with Gasteiger partial charge in [-0.15, -0.1) is 0 Å². The topological polar surface area (TPSA) is 214 Å². The molecule has 0 amide bonds. The van der Waals surface area contributed by atoms with Crippen LogP contribution in [-0.4, -0.2) is 142 Å². The summed E-state index contributed by atoms with van der Waals surface area (Å²) in [6.45, 7) is 3.56. The molecular formula is C46H86O14. The molecule has 2 heterocycles. The first-order chi connectivity index (χ1) is 29.1. The lowest BCUT2D eigenvalue weighted by molar-refractivity contribution is -0.332. The zero-order chi connectivity index (χ0) is 43.8. The molecule has 2 fully saturated rings. The fraction of sp³-hybridized carbons (Fsp3) is 0.935. The van der Waals surface area contributed by atoms with Crippen LogP contribution in [0, 0.1) is 0 Å². The summed E-state index contributed by atoms with van der Waals surface area (Å²) >= 11 is 0. The van der Waals surface area contributed by atoms with Gasteiger partial charge in [0.2, 0.25) is 0 Å². The summed E-state index contributed by atoms with van der Waals surface area (Å²) in [6.07, 6.45) is 17.9. The molecule has 2 aliphatic rings. The van der Waals surface area contributed by atoms with E-state index >= 15 is 0 Å². The first-order valence-electron chi connectivity index (χ1n) is 23.8. The highest BCUT2D eigenvalue weighted by atomic mass is 16.7. The van der Waals surface area contributed by atoms with Gasteiger partial charge in [-0.2, -0.15) is 0 Å². The van der Waals surface area contributed by atoms with Gasteiger partial charge in [-0.3, -0.25) is 4.79 Å². The maximum Gasteiger partial charge on any atom is 0.306 e. The molecule has 11 unspecified atom stereocenters. The van der Waals surface area contributed by atoms with E-state index in [0.29, 0.717) is 13.0 Å². The summed E-state index contributed by atoms with van der Waals surface area (Å²) in [5.74, 6) is -0.393. The van der Waals surface area contributed by atoms with Gasteiger partial charge in [0.25, 0.3) is 0 Å². The van der Waals surface area contributed by atoms with E-state index in [2.05, 4.69) is 26.0 Å². The number of aliphatic hydroxyl groups is 7. The van der Waals surface area contributed by atoms with Crippen molar-refractivity contribution < 1.29 is 69.0 Å². The van der Waals surface area contributed by atoms with Crippen molar-refractivity contribution in [2.24, 2.45) is 0 Å². The average Bonchev–Trinajstić information content (AvgIpc) is 3.24. The minimum Gasteiger partial charge on any atom is -0.457 e. The van der Waals surface area contributed by atoms with Gasteiger partial charge < -0.3 is 64.2 Å². The van der Waals surface area contributed by atoms with Gasteiger partial charge in [-0.1, -0.05) is 142 Å². The van der Waals surface area contributed by atoms with E-state index in [-0.39, 0.29) is 19.6 Å². The van der Waals surface area contributed by atoms with Crippen LogP contribution in [0.5, 0.6) is 0 Å². The number of hydrogen-bond donors (Lipinski definition) is 7. The summed E-state index contributed by atoms with van der Waals surface area (Å²) in [7, 11) is 0. The Labute approximate surface area is 361 Å². The molecule has 2 saturated heterocycles. The van der Waals surface area contributed by atoms with Gasteiger partial charge >= 0.3 is 5.97 Å². The summed E-state index contributed by atoms with van der Waals surface area (Å²) < 4.78 is 33.9. The number of rotatable bonds is 37. The third-order valence-corrected chi connectivity index (χ3v) is 11.5. The van der Waals surface area contributed by atoms with Crippen LogP contribution >= 0.6 is 0 Å². The third-order valence-electron chi connectivity index (χ3n) is 11.5. The second-order valence-corrected chi connectivity index (χ2v) is 16.9. The highest BCUT2D eigenvalue weighted by Crippen LogP contribution is 2.26. The molecule has 0 aliphatic carbocycles. The molecule has 14 heteroatoms. The third kappa shape index (κ3) is 23.4. The van der Waals surface area contributed by atoms with Crippen molar-refractivity contribution in [1.82, 2.24) is 0 Å². The second-order valence-electron chi connectivity index (χ2n) is 16.9. The van der Waals surface area contributed by atoms with Crippen molar-refractivity contribution in [1.29, 1.82) is 0 Å². The van der Waals surface area contributed by atoms with Crippen molar-refractivity contribution in [3.63, 3.8) is 0 Å². The van der Waals surface area contributed by atoms with Gasteiger partial charge in [-0.05, 0) is 38.5 Å². The first-order valence-corrected chi connectivity index (χ1v) is 23.8. The molecule has 0 spiro atoms. The number of esters is 1. The molecule has 7 N–H and O–H groups in total. The number of carbonyl (C=O) groups is 1. The summed E-state index contributed by atoms with van der Waals surface area (Å²) in [5, 5.41) is 71.6. The number of hydrogen-bond acceptors (Lipinski definition) is 14. The predicted octanol–water partition coefficient (Wildman–Crippen LogP) is 5.90. The van der Waals surface area contributed by atoms with Crippen molar-refractivity contribution in [3.8, 4) is 0 Å². The molecule has 0 aromatic rings.